The molecule has 2 heterocycles. The lowest BCUT2D eigenvalue weighted by atomic mass is 10.0. The van der Waals surface area contributed by atoms with Gasteiger partial charge in [0.05, 0.1) is 0 Å². The third-order valence-electron chi connectivity index (χ3n) is 5.74. The van der Waals surface area contributed by atoms with Gasteiger partial charge in [0.25, 0.3) is 0 Å². The number of amides is 2. The molecule has 152 valence electrons. The second-order valence-electron chi connectivity index (χ2n) is 7.81. The summed E-state index contributed by atoms with van der Waals surface area (Å²) < 4.78 is 5.90. The molecule has 5 nitrogen and oxygen atoms in total. The van der Waals surface area contributed by atoms with Crippen molar-refractivity contribution in [1.82, 2.24) is 9.80 Å². The summed E-state index contributed by atoms with van der Waals surface area (Å²) in [4.78, 5) is 29.1. The van der Waals surface area contributed by atoms with Gasteiger partial charge in [-0.15, -0.1) is 0 Å². The highest BCUT2D eigenvalue weighted by molar-refractivity contribution is 5.80. The van der Waals surface area contributed by atoms with Crippen molar-refractivity contribution in [3.63, 3.8) is 0 Å². The zero-order chi connectivity index (χ0) is 20.1. The van der Waals surface area contributed by atoms with Crippen molar-refractivity contribution in [3.8, 4) is 5.75 Å². The molecule has 2 amide bonds. The molecule has 4 rings (SSSR count). The summed E-state index contributed by atoms with van der Waals surface area (Å²) in [6, 6.07) is 17.9. The van der Waals surface area contributed by atoms with E-state index < -0.39 is 0 Å². The molecule has 0 spiro atoms. The Bertz CT molecular complexity index is 807. The molecule has 2 saturated heterocycles. The van der Waals surface area contributed by atoms with E-state index in [-0.39, 0.29) is 18.0 Å². The van der Waals surface area contributed by atoms with Crippen LogP contribution in [-0.4, -0.2) is 34.7 Å². The molecule has 0 N–H and O–H groups in total. The van der Waals surface area contributed by atoms with Crippen LogP contribution >= 0.6 is 0 Å². The number of ether oxygens (including phenoxy) is 1. The Morgan fingerprint density at radius 3 is 1.90 bits per heavy atom. The summed E-state index contributed by atoms with van der Waals surface area (Å²) in [5.41, 5.74) is 2.09. The van der Waals surface area contributed by atoms with Gasteiger partial charge in [0, 0.05) is 25.9 Å². The lowest BCUT2D eigenvalue weighted by Crippen LogP contribution is -2.50. The molecule has 0 radical (unpaired) electrons. The zero-order valence-corrected chi connectivity index (χ0v) is 16.8. The Kier molecular flexibility index (Phi) is 6.13. The van der Waals surface area contributed by atoms with Crippen LogP contribution in [0.1, 0.15) is 55.8 Å². The van der Waals surface area contributed by atoms with Crippen LogP contribution in [0.4, 0.5) is 0 Å². The van der Waals surface area contributed by atoms with Crippen molar-refractivity contribution in [2.45, 2.75) is 51.3 Å². The monoisotopic (exact) mass is 392 g/mol. The van der Waals surface area contributed by atoms with Crippen LogP contribution in [0, 0.1) is 0 Å². The highest BCUT2D eigenvalue weighted by atomic mass is 16.5. The van der Waals surface area contributed by atoms with E-state index in [1.165, 1.54) is 0 Å². The van der Waals surface area contributed by atoms with Gasteiger partial charge < -0.3 is 14.5 Å². The molecule has 0 unspecified atom stereocenters. The third-order valence-corrected chi connectivity index (χ3v) is 5.74. The predicted octanol–water partition coefficient (Wildman–Crippen LogP) is 4.29. The van der Waals surface area contributed by atoms with E-state index in [1.807, 2.05) is 64.4 Å². The van der Waals surface area contributed by atoms with Crippen molar-refractivity contribution in [3.05, 3.63) is 65.7 Å². The summed E-state index contributed by atoms with van der Waals surface area (Å²) in [7, 11) is 0. The minimum atomic E-state index is -0.307. The SMILES string of the molecule is O=C1CCCCN1C(c1ccc(OCc2ccccc2)cc1)N1CCCCC1=O. The summed E-state index contributed by atoms with van der Waals surface area (Å²) in [5.74, 6) is 1.07. The van der Waals surface area contributed by atoms with Gasteiger partial charge in [-0.2, -0.15) is 0 Å². The largest absolute Gasteiger partial charge is 0.489 e. The number of hydrogen-bond acceptors (Lipinski definition) is 3. The Labute approximate surface area is 172 Å². The molecule has 29 heavy (non-hydrogen) atoms. The number of nitrogens with zero attached hydrogens (tertiary/aromatic N) is 2. The van der Waals surface area contributed by atoms with E-state index in [0.717, 1.165) is 42.6 Å². The first-order valence-corrected chi connectivity index (χ1v) is 10.6. The molecule has 0 saturated carbocycles. The Hall–Kier alpha value is -2.82. The molecular formula is C24H28N2O3. The molecule has 2 fully saturated rings. The van der Waals surface area contributed by atoms with Gasteiger partial charge in [0.15, 0.2) is 0 Å². The van der Waals surface area contributed by atoms with E-state index in [4.69, 9.17) is 4.74 Å². The Balaban J connectivity index is 1.53. The zero-order valence-electron chi connectivity index (χ0n) is 16.8. The number of benzene rings is 2. The Morgan fingerprint density at radius 1 is 0.759 bits per heavy atom. The molecular weight excluding hydrogens is 364 g/mol. The number of piperidine rings is 2. The average Bonchev–Trinajstić information content (AvgIpc) is 2.77. The van der Waals surface area contributed by atoms with Crippen LogP contribution in [0.25, 0.3) is 0 Å². The van der Waals surface area contributed by atoms with Crippen LogP contribution in [-0.2, 0) is 16.2 Å². The number of carbonyl (C=O) groups is 2. The molecule has 0 aliphatic carbocycles. The van der Waals surface area contributed by atoms with Crippen molar-refractivity contribution >= 4 is 11.8 Å². The van der Waals surface area contributed by atoms with E-state index >= 15 is 0 Å². The molecule has 5 heteroatoms. The normalized spacial score (nSPS) is 17.7. The van der Waals surface area contributed by atoms with Crippen LogP contribution in [0.2, 0.25) is 0 Å². The van der Waals surface area contributed by atoms with Crippen molar-refractivity contribution in [2.75, 3.05) is 13.1 Å². The van der Waals surface area contributed by atoms with Gasteiger partial charge in [-0.1, -0.05) is 42.5 Å². The van der Waals surface area contributed by atoms with Crippen LogP contribution in [0.15, 0.2) is 54.6 Å². The van der Waals surface area contributed by atoms with E-state index in [2.05, 4.69) is 0 Å². The number of hydrogen-bond donors (Lipinski definition) is 0. The van der Waals surface area contributed by atoms with Gasteiger partial charge in [-0.05, 0) is 48.9 Å². The predicted molar refractivity (Wildman–Crippen MR) is 111 cm³/mol. The maximum absolute atomic E-state index is 12.6. The molecule has 0 bridgehead atoms. The summed E-state index contributed by atoms with van der Waals surface area (Å²) in [6.45, 7) is 1.93. The van der Waals surface area contributed by atoms with Crippen molar-refractivity contribution in [2.24, 2.45) is 0 Å². The topological polar surface area (TPSA) is 49.9 Å². The third kappa shape index (κ3) is 4.61. The fourth-order valence-electron chi connectivity index (χ4n) is 4.18. The van der Waals surface area contributed by atoms with Gasteiger partial charge in [-0.25, -0.2) is 0 Å². The smallest absolute Gasteiger partial charge is 0.224 e. The average molecular weight is 392 g/mol. The lowest BCUT2D eigenvalue weighted by Gasteiger charge is -2.43. The standard InChI is InChI=1S/C24H28N2O3/c27-22-10-4-6-16-25(22)24(26-17-7-5-11-23(26)28)20-12-14-21(15-13-20)29-18-19-8-2-1-3-9-19/h1-3,8-9,12-15,24H,4-7,10-11,16-18H2. The first-order chi connectivity index (χ1) is 14.2. The minimum Gasteiger partial charge on any atom is -0.489 e. The molecule has 0 aromatic heterocycles. The molecule has 2 aliphatic rings. The quantitative estimate of drug-likeness (QED) is 0.737. The fraction of sp³-hybridized carbons (Fsp3) is 0.417. The van der Waals surface area contributed by atoms with Crippen LogP contribution in [0.5, 0.6) is 5.75 Å². The van der Waals surface area contributed by atoms with E-state index in [9.17, 15) is 9.59 Å². The van der Waals surface area contributed by atoms with E-state index in [0.29, 0.717) is 32.5 Å². The molecule has 0 atom stereocenters. The minimum absolute atomic E-state index is 0.143. The fourth-order valence-corrected chi connectivity index (χ4v) is 4.18. The molecule has 2 aromatic carbocycles. The van der Waals surface area contributed by atoms with Crippen LogP contribution in [0.3, 0.4) is 0 Å². The molecule has 2 aliphatic heterocycles. The highest BCUT2D eigenvalue weighted by Gasteiger charge is 2.35. The van der Waals surface area contributed by atoms with Gasteiger partial charge >= 0.3 is 0 Å². The van der Waals surface area contributed by atoms with Gasteiger partial charge in [0.2, 0.25) is 11.8 Å². The van der Waals surface area contributed by atoms with Crippen molar-refractivity contribution in [1.29, 1.82) is 0 Å². The maximum atomic E-state index is 12.6. The number of rotatable bonds is 6. The summed E-state index contributed by atoms with van der Waals surface area (Å²) >= 11 is 0. The summed E-state index contributed by atoms with van der Waals surface area (Å²) in [6.07, 6.45) is 4.67. The molecule has 2 aromatic rings. The highest BCUT2D eigenvalue weighted by Crippen LogP contribution is 2.32. The Morgan fingerprint density at radius 2 is 1.34 bits per heavy atom. The number of likely N-dealkylation sites (tertiary alicyclic amines) is 2. The van der Waals surface area contributed by atoms with Crippen molar-refractivity contribution < 1.29 is 14.3 Å². The lowest BCUT2D eigenvalue weighted by molar-refractivity contribution is -0.150. The van der Waals surface area contributed by atoms with Crippen LogP contribution < -0.4 is 4.74 Å². The second-order valence-corrected chi connectivity index (χ2v) is 7.81. The second kappa shape index (κ2) is 9.12. The first-order valence-electron chi connectivity index (χ1n) is 10.6. The van der Waals surface area contributed by atoms with E-state index in [1.54, 1.807) is 0 Å². The maximum Gasteiger partial charge on any atom is 0.224 e. The summed E-state index contributed by atoms with van der Waals surface area (Å²) in [5, 5.41) is 0. The van der Waals surface area contributed by atoms with Gasteiger partial charge in [0.1, 0.15) is 18.5 Å². The number of carbonyl (C=O) groups excluding carboxylic acids is 2. The first kappa shape index (κ1) is 19.5. The van der Waals surface area contributed by atoms with Gasteiger partial charge in [-0.3, -0.25) is 9.59 Å².